The van der Waals surface area contributed by atoms with Crippen molar-refractivity contribution in [1.82, 2.24) is 4.90 Å². The number of unbranched alkanes of at least 4 members (excludes halogenated alkanes) is 2. The second-order valence-electron chi connectivity index (χ2n) is 11.2. The number of hydrogen-bond donors (Lipinski definition) is 0. The van der Waals surface area contributed by atoms with Crippen molar-refractivity contribution in [3.8, 4) is 11.1 Å². The number of benzene rings is 2. The van der Waals surface area contributed by atoms with E-state index in [1.165, 1.54) is 63.0 Å². The van der Waals surface area contributed by atoms with Crippen LogP contribution in [0.1, 0.15) is 94.6 Å². The molecular formula is C33H44FNO. The second kappa shape index (κ2) is 12.7. The third-order valence-electron chi connectivity index (χ3n) is 9.05. The minimum absolute atomic E-state index is 0.0483. The van der Waals surface area contributed by atoms with Gasteiger partial charge in [-0.25, -0.2) is 4.39 Å². The Kier molecular flexibility index (Phi) is 9.40. The molecule has 194 valence electrons. The van der Waals surface area contributed by atoms with E-state index < -0.39 is 0 Å². The van der Waals surface area contributed by atoms with Crippen LogP contribution in [-0.4, -0.2) is 23.9 Å². The molecule has 2 fully saturated rings. The Balaban J connectivity index is 1.28. The number of carbonyl (C=O) groups excluding carboxylic acids is 1. The van der Waals surface area contributed by atoms with Crippen LogP contribution in [0, 0.1) is 17.7 Å². The second-order valence-corrected chi connectivity index (χ2v) is 11.2. The monoisotopic (exact) mass is 489 g/mol. The number of likely N-dealkylation sites (N-methyl/N-ethyl adjacent to an activating group) is 1. The van der Waals surface area contributed by atoms with Gasteiger partial charge in [0.25, 0.3) is 0 Å². The summed E-state index contributed by atoms with van der Waals surface area (Å²) in [5.74, 6) is 2.20. The number of nitrogens with zero attached hydrogens (tertiary/aromatic N) is 1. The average molecular weight is 490 g/mol. The fraction of sp³-hybridized carbons (Fsp3) is 0.545. The molecule has 2 aromatic carbocycles. The molecule has 4 rings (SSSR count). The topological polar surface area (TPSA) is 20.3 Å². The van der Waals surface area contributed by atoms with Crippen LogP contribution in [0.4, 0.5) is 4.39 Å². The maximum absolute atomic E-state index is 14.8. The van der Waals surface area contributed by atoms with Crippen molar-refractivity contribution >= 4 is 5.91 Å². The average Bonchev–Trinajstić information content (AvgIpc) is 2.93. The summed E-state index contributed by atoms with van der Waals surface area (Å²) in [7, 11) is 1.92. The van der Waals surface area contributed by atoms with Crippen molar-refractivity contribution < 1.29 is 9.18 Å². The van der Waals surface area contributed by atoms with Crippen LogP contribution in [0.15, 0.2) is 55.1 Å². The van der Waals surface area contributed by atoms with E-state index in [2.05, 4.69) is 43.8 Å². The summed E-state index contributed by atoms with van der Waals surface area (Å²) in [5.41, 5.74) is 4.19. The van der Waals surface area contributed by atoms with E-state index in [9.17, 15) is 9.18 Å². The minimum Gasteiger partial charge on any atom is -0.339 e. The van der Waals surface area contributed by atoms with E-state index in [4.69, 9.17) is 0 Å². The Hall–Kier alpha value is -2.42. The standard InChI is InChI=1S/C33H44FNO/c1-4-6-7-8-24-9-22-31(32(34)23-24)29-16-14-27(15-17-29)25-10-12-26(13-11-25)28-18-20-30(21-19-28)35(3)33(36)5-2/h5,9,14-17,22-23,25-26,28,30H,2,4,6-8,10-13,18-21H2,1,3H3. The lowest BCUT2D eigenvalue weighted by atomic mass is 9.69. The summed E-state index contributed by atoms with van der Waals surface area (Å²) in [6.45, 7) is 5.82. The molecule has 1 amide bonds. The minimum atomic E-state index is -0.105. The predicted molar refractivity (Wildman–Crippen MR) is 148 cm³/mol. The van der Waals surface area contributed by atoms with Crippen LogP contribution in [0.2, 0.25) is 0 Å². The highest BCUT2D eigenvalue weighted by molar-refractivity contribution is 5.87. The number of hydrogen-bond acceptors (Lipinski definition) is 1. The summed E-state index contributed by atoms with van der Waals surface area (Å²) >= 11 is 0. The van der Waals surface area contributed by atoms with Crippen LogP contribution in [0.25, 0.3) is 11.1 Å². The number of carbonyl (C=O) groups is 1. The quantitative estimate of drug-likeness (QED) is 0.255. The molecular weight excluding hydrogens is 445 g/mol. The highest BCUT2D eigenvalue weighted by atomic mass is 19.1. The summed E-state index contributed by atoms with van der Waals surface area (Å²) < 4.78 is 14.8. The van der Waals surface area contributed by atoms with Crippen LogP contribution in [0.3, 0.4) is 0 Å². The first-order valence-corrected chi connectivity index (χ1v) is 14.3. The molecule has 2 nitrogen and oxygen atoms in total. The van der Waals surface area contributed by atoms with E-state index in [1.807, 2.05) is 18.0 Å². The molecule has 0 aliphatic heterocycles. The van der Waals surface area contributed by atoms with E-state index in [0.29, 0.717) is 17.5 Å². The third kappa shape index (κ3) is 6.47. The largest absolute Gasteiger partial charge is 0.339 e. The Morgan fingerprint density at radius 1 is 0.944 bits per heavy atom. The molecule has 2 aromatic rings. The molecule has 36 heavy (non-hydrogen) atoms. The maximum Gasteiger partial charge on any atom is 0.245 e. The Bertz CT molecular complexity index is 997. The van der Waals surface area contributed by atoms with Crippen LogP contribution >= 0.6 is 0 Å². The van der Waals surface area contributed by atoms with Crippen LogP contribution < -0.4 is 0 Å². The lowest BCUT2D eigenvalue weighted by Gasteiger charge is -2.40. The summed E-state index contributed by atoms with van der Waals surface area (Å²) in [6, 6.07) is 14.8. The molecule has 2 saturated carbocycles. The van der Waals surface area contributed by atoms with Crippen molar-refractivity contribution in [2.45, 2.75) is 95.9 Å². The zero-order chi connectivity index (χ0) is 25.5. The van der Waals surface area contributed by atoms with E-state index >= 15 is 0 Å². The first-order chi connectivity index (χ1) is 17.5. The number of amides is 1. The first-order valence-electron chi connectivity index (χ1n) is 14.3. The summed E-state index contributed by atoms with van der Waals surface area (Å²) in [6.07, 6.45) is 15.7. The molecule has 0 bridgehead atoms. The van der Waals surface area contributed by atoms with E-state index in [0.717, 1.165) is 48.6 Å². The number of aryl methyl sites for hydroxylation is 1. The predicted octanol–water partition coefficient (Wildman–Crippen LogP) is 8.70. The normalized spacial score (nSPS) is 24.3. The highest BCUT2D eigenvalue weighted by Gasteiger charge is 2.32. The summed E-state index contributed by atoms with van der Waals surface area (Å²) in [5, 5.41) is 0. The zero-order valence-electron chi connectivity index (χ0n) is 22.4. The smallest absolute Gasteiger partial charge is 0.245 e. The van der Waals surface area contributed by atoms with Crippen molar-refractivity contribution in [1.29, 1.82) is 0 Å². The third-order valence-corrected chi connectivity index (χ3v) is 9.05. The molecule has 2 aliphatic carbocycles. The van der Waals surface area contributed by atoms with Gasteiger partial charge in [-0.3, -0.25) is 4.79 Å². The van der Waals surface area contributed by atoms with Crippen molar-refractivity contribution in [2.75, 3.05) is 7.05 Å². The molecule has 2 aliphatic rings. The number of halogens is 1. The van der Waals surface area contributed by atoms with Crippen LogP contribution in [0.5, 0.6) is 0 Å². The molecule has 0 saturated heterocycles. The van der Waals surface area contributed by atoms with Gasteiger partial charge in [0.05, 0.1) is 0 Å². The number of rotatable bonds is 9. The van der Waals surface area contributed by atoms with Gasteiger partial charge in [-0.2, -0.15) is 0 Å². The fourth-order valence-electron chi connectivity index (χ4n) is 6.67. The molecule has 0 N–H and O–H groups in total. The Morgan fingerprint density at radius 2 is 1.58 bits per heavy atom. The van der Waals surface area contributed by atoms with Gasteiger partial charge in [0, 0.05) is 18.7 Å². The molecule has 0 spiro atoms. The highest BCUT2D eigenvalue weighted by Crippen LogP contribution is 2.43. The molecule has 3 heteroatoms. The zero-order valence-corrected chi connectivity index (χ0v) is 22.4. The molecule has 0 aromatic heterocycles. The van der Waals surface area contributed by atoms with Crippen molar-refractivity contribution in [3.63, 3.8) is 0 Å². The van der Waals surface area contributed by atoms with Crippen molar-refractivity contribution in [3.05, 3.63) is 72.1 Å². The lowest BCUT2D eigenvalue weighted by molar-refractivity contribution is -0.127. The van der Waals surface area contributed by atoms with Gasteiger partial charge in [0.1, 0.15) is 5.82 Å². The van der Waals surface area contributed by atoms with Crippen LogP contribution in [-0.2, 0) is 11.2 Å². The van der Waals surface area contributed by atoms with Crippen molar-refractivity contribution in [2.24, 2.45) is 11.8 Å². The van der Waals surface area contributed by atoms with Gasteiger partial charge in [-0.15, -0.1) is 0 Å². The molecule has 0 atom stereocenters. The van der Waals surface area contributed by atoms with Gasteiger partial charge in [0.2, 0.25) is 5.91 Å². The summed E-state index contributed by atoms with van der Waals surface area (Å²) in [4.78, 5) is 13.8. The lowest BCUT2D eigenvalue weighted by Crippen LogP contribution is -2.39. The first kappa shape index (κ1) is 26.6. The van der Waals surface area contributed by atoms with E-state index in [-0.39, 0.29) is 11.7 Å². The molecule has 0 heterocycles. The maximum atomic E-state index is 14.8. The molecule has 0 radical (unpaired) electrons. The van der Waals surface area contributed by atoms with Gasteiger partial charge in [0.15, 0.2) is 0 Å². The Morgan fingerprint density at radius 3 is 2.17 bits per heavy atom. The van der Waals surface area contributed by atoms with Gasteiger partial charge >= 0.3 is 0 Å². The van der Waals surface area contributed by atoms with Gasteiger partial charge < -0.3 is 4.90 Å². The van der Waals surface area contributed by atoms with E-state index in [1.54, 1.807) is 6.07 Å². The SMILES string of the molecule is C=CC(=O)N(C)C1CCC(C2CCC(c3ccc(-c4ccc(CCCCC)cc4F)cc3)CC2)CC1. The fourth-order valence-corrected chi connectivity index (χ4v) is 6.67. The molecule has 0 unspecified atom stereocenters. The Labute approximate surface area is 218 Å². The van der Waals surface area contributed by atoms with Gasteiger partial charge in [-0.1, -0.05) is 62.7 Å². The van der Waals surface area contributed by atoms with Gasteiger partial charge in [-0.05, 0) is 111 Å².